The maximum Gasteiger partial charge on any atom is 0.139 e. The second-order valence-corrected chi connectivity index (χ2v) is 7.89. The number of carbonyl (C=O) groups is 2. The van der Waals surface area contributed by atoms with E-state index in [1.165, 1.54) is 0 Å². The maximum absolute atomic E-state index is 12.6. The first-order valence-corrected chi connectivity index (χ1v) is 9.13. The molecule has 2 rings (SSSR count). The zero-order valence-corrected chi connectivity index (χ0v) is 14.2. The Kier molecular flexibility index (Phi) is 6.28. The predicted octanol–water partition coefficient (Wildman–Crippen LogP) is 4.77. The first-order valence-electron chi connectivity index (χ1n) is 8.69. The van der Waals surface area contributed by atoms with E-state index >= 15 is 0 Å². The number of Topliss-reactive ketones (excluding diaryl/α,β-unsaturated/α-hetero) is 2. The van der Waals surface area contributed by atoms with Crippen molar-refractivity contribution >= 4 is 23.2 Å². The van der Waals surface area contributed by atoms with Gasteiger partial charge in [0.1, 0.15) is 11.6 Å². The molecule has 0 N–H and O–H groups in total. The number of ketones is 2. The van der Waals surface area contributed by atoms with Crippen molar-refractivity contribution in [3.8, 4) is 0 Å². The minimum Gasteiger partial charge on any atom is -0.299 e. The molecule has 2 nitrogen and oxygen atoms in total. The molecule has 2 aliphatic carbocycles. The Morgan fingerprint density at radius 1 is 1.05 bits per heavy atom. The standard InChI is InChI=1S/C18H29ClO2/c1-12-7-8-15(18(21)13(12)2)11-17(20)14-5-3-4-6-16(19)10-9-14/h12-16H,3-11H2,1-2H3. The van der Waals surface area contributed by atoms with E-state index in [1.807, 2.05) is 6.92 Å². The van der Waals surface area contributed by atoms with Crippen LogP contribution in [-0.2, 0) is 9.59 Å². The smallest absolute Gasteiger partial charge is 0.139 e. The van der Waals surface area contributed by atoms with Gasteiger partial charge in [-0.25, -0.2) is 0 Å². The molecule has 0 heterocycles. The molecule has 0 radical (unpaired) electrons. The number of alkyl halides is 1. The molecule has 2 aliphatic rings. The highest BCUT2D eigenvalue weighted by Crippen LogP contribution is 2.34. The molecule has 0 amide bonds. The molecule has 2 fully saturated rings. The summed E-state index contributed by atoms with van der Waals surface area (Å²) in [4.78, 5) is 24.9. The topological polar surface area (TPSA) is 34.1 Å². The Morgan fingerprint density at radius 2 is 1.76 bits per heavy atom. The fourth-order valence-corrected chi connectivity index (χ4v) is 4.15. The minimum absolute atomic E-state index is 0.0130. The lowest BCUT2D eigenvalue weighted by Crippen LogP contribution is -2.34. The first-order chi connectivity index (χ1) is 9.99. The summed E-state index contributed by atoms with van der Waals surface area (Å²) in [5, 5.41) is 0.234. The molecule has 3 heteroatoms. The van der Waals surface area contributed by atoms with E-state index in [-0.39, 0.29) is 23.1 Å². The highest BCUT2D eigenvalue weighted by atomic mass is 35.5. The predicted molar refractivity (Wildman–Crippen MR) is 86.5 cm³/mol. The van der Waals surface area contributed by atoms with E-state index < -0.39 is 0 Å². The van der Waals surface area contributed by atoms with Crippen molar-refractivity contribution in [3.63, 3.8) is 0 Å². The minimum atomic E-state index is -0.0130. The molecular formula is C18H29ClO2. The van der Waals surface area contributed by atoms with Crippen molar-refractivity contribution in [2.24, 2.45) is 23.7 Å². The average Bonchev–Trinajstić information content (AvgIpc) is 2.44. The highest BCUT2D eigenvalue weighted by Gasteiger charge is 2.35. The molecule has 2 saturated carbocycles. The van der Waals surface area contributed by atoms with E-state index in [2.05, 4.69) is 6.92 Å². The molecule has 0 bridgehead atoms. The number of hydrogen-bond acceptors (Lipinski definition) is 2. The third-order valence-corrected chi connectivity index (χ3v) is 6.16. The van der Waals surface area contributed by atoms with Crippen molar-refractivity contribution in [3.05, 3.63) is 0 Å². The van der Waals surface area contributed by atoms with Gasteiger partial charge in [-0.05, 0) is 44.4 Å². The Hall–Kier alpha value is -0.370. The molecule has 0 aromatic heterocycles. The van der Waals surface area contributed by atoms with Crippen molar-refractivity contribution in [1.29, 1.82) is 0 Å². The van der Waals surface area contributed by atoms with Gasteiger partial charge in [0.05, 0.1) is 0 Å². The van der Waals surface area contributed by atoms with Gasteiger partial charge in [-0.3, -0.25) is 9.59 Å². The second-order valence-electron chi connectivity index (χ2n) is 7.27. The highest BCUT2D eigenvalue weighted by molar-refractivity contribution is 6.20. The van der Waals surface area contributed by atoms with Crippen molar-refractivity contribution in [2.75, 3.05) is 0 Å². The third kappa shape index (κ3) is 4.55. The van der Waals surface area contributed by atoms with Crippen molar-refractivity contribution in [2.45, 2.75) is 77.0 Å². The average molecular weight is 313 g/mol. The Balaban J connectivity index is 1.89. The lowest BCUT2D eigenvalue weighted by Gasteiger charge is -2.31. The van der Waals surface area contributed by atoms with Gasteiger partial charge in [0, 0.05) is 29.6 Å². The van der Waals surface area contributed by atoms with Gasteiger partial charge in [0.15, 0.2) is 0 Å². The maximum atomic E-state index is 12.6. The van der Waals surface area contributed by atoms with Crippen LogP contribution in [0.5, 0.6) is 0 Å². The van der Waals surface area contributed by atoms with Gasteiger partial charge in [-0.15, -0.1) is 11.6 Å². The van der Waals surface area contributed by atoms with Gasteiger partial charge in [0.25, 0.3) is 0 Å². The Labute approximate surface area is 134 Å². The summed E-state index contributed by atoms with van der Waals surface area (Å²) in [6.45, 7) is 4.17. The van der Waals surface area contributed by atoms with Crippen LogP contribution in [-0.4, -0.2) is 16.9 Å². The summed E-state index contributed by atoms with van der Waals surface area (Å²) in [5.74, 6) is 1.38. The molecule has 0 saturated heterocycles. The van der Waals surface area contributed by atoms with Crippen LogP contribution >= 0.6 is 11.6 Å². The van der Waals surface area contributed by atoms with E-state index in [1.54, 1.807) is 0 Å². The largest absolute Gasteiger partial charge is 0.299 e. The molecule has 0 aromatic rings. The zero-order valence-electron chi connectivity index (χ0n) is 13.4. The Morgan fingerprint density at radius 3 is 2.52 bits per heavy atom. The van der Waals surface area contributed by atoms with Crippen LogP contribution in [0.25, 0.3) is 0 Å². The molecule has 5 unspecified atom stereocenters. The van der Waals surface area contributed by atoms with E-state index in [0.29, 0.717) is 23.9 Å². The van der Waals surface area contributed by atoms with Crippen LogP contribution in [0.1, 0.15) is 71.6 Å². The Bertz CT molecular complexity index is 379. The number of halogens is 1. The van der Waals surface area contributed by atoms with Crippen molar-refractivity contribution < 1.29 is 9.59 Å². The van der Waals surface area contributed by atoms with Crippen LogP contribution in [0.3, 0.4) is 0 Å². The summed E-state index contributed by atoms with van der Waals surface area (Å²) >= 11 is 6.25. The van der Waals surface area contributed by atoms with E-state index in [9.17, 15) is 9.59 Å². The van der Waals surface area contributed by atoms with Crippen LogP contribution < -0.4 is 0 Å². The SMILES string of the molecule is CC1CCC(CC(=O)C2CCCCC(Cl)CC2)C(=O)C1C. The van der Waals surface area contributed by atoms with Gasteiger partial charge in [-0.2, -0.15) is 0 Å². The van der Waals surface area contributed by atoms with Crippen molar-refractivity contribution in [1.82, 2.24) is 0 Å². The lowest BCUT2D eigenvalue weighted by molar-refractivity contribution is -0.135. The molecule has 5 atom stereocenters. The van der Waals surface area contributed by atoms with Gasteiger partial charge >= 0.3 is 0 Å². The second kappa shape index (κ2) is 7.76. The van der Waals surface area contributed by atoms with E-state index in [0.717, 1.165) is 51.4 Å². The summed E-state index contributed by atoms with van der Waals surface area (Å²) in [5.41, 5.74) is 0. The van der Waals surface area contributed by atoms with Gasteiger partial charge in [-0.1, -0.05) is 26.7 Å². The fourth-order valence-electron chi connectivity index (χ4n) is 3.87. The number of carbonyl (C=O) groups excluding carboxylic acids is 2. The van der Waals surface area contributed by atoms with Crippen LogP contribution in [0.15, 0.2) is 0 Å². The van der Waals surface area contributed by atoms with Gasteiger partial charge in [0.2, 0.25) is 0 Å². The first kappa shape index (κ1) is 17.0. The fraction of sp³-hybridized carbons (Fsp3) is 0.889. The molecule has 0 aromatic carbocycles. The molecular weight excluding hydrogens is 284 g/mol. The summed E-state index contributed by atoms with van der Waals surface area (Å²) in [6.07, 6.45) is 8.65. The van der Waals surface area contributed by atoms with Crippen LogP contribution in [0.4, 0.5) is 0 Å². The summed E-state index contributed by atoms with van der Waals surface area (Å²) < 4.78 is 0. The van der Waals surface area contributed by atoms with Crippen LogP contribution in [0.2, 0.25) is 0 Å². The summed E-state index contributed by atoms with van der Waals surface area (Å²) in [6, 6.07) is 0. The number of rotatable bonds is 3. The quantitative estimate of drug-likeness (QED) is 0.703. The monoisotopic (exact) mass is 312 g/mol. The number of hydrogen-bond donors (Lipinski definition) is 0. The molecule has 0 spiro atoms. The lowest BCUT2D eigenvalue weighted by atomic mass is 9.72. The third-order valence-electron chi connectivity index (χ3n) is 5.73. The molecule has 120 valence electrons. The van der Waals surface area contributed by atoms with Crippen LogP contribution in [0, 0.1) is 23.7 Å². The van der Waals surface area contributed by atoms with Gasteiger partial charge < -0.3 is 0 Å². The molecule has 21 heavy (non-hydrogen) atoms. The zero-order chi connectivity index (χ0) is 15.4. The summed E-state index contributed by atoms with van der Waals surface area (Å²) in [7, 11) is 0. The normalized spacial score (nSPS) is 38.6. The van der Waals surface area contributed by atoms with E-state index in [4.69, 9.17) is 11.6 Å². The molecule has 0 aliphatic heterocycles.